The molecule has 0 saturated carbocycles. The Morgan fingerprint density at radius 2 is 1.82 bits per heavy atom. The number of alkyl halides is 1. The Morgan fingerprint density at radius 1 is 1.24 bits per heavy atom. The van der Waals surface area contributed by atoms with Crippen molar-refractivity contribution in [1.29, 1.82) is 0 Å². The van der Waals surface area contributed by atoms with Gasteiger partial charge < -0.3 is 15.3 Å². The fourth-order valence-corrected chi connectivity index (χ4v) is 2.02. The minimum absolute atomic E-state index is 0.0123. The summed E-state index contributed by atoms with van der Waals surface area (Å²) in [5, 5.41) is 28.0. The average molecular weight is 303 g/mol. The van der Waals surface area contributed by atoms with Crippen LogP contribution in [0.15, 0.2) is 12.1 Å². The quantitative estimate of drug-likeness (QED) is 0.338. The molecule has 17 heavy (non-hydrogen) atoms. The number of hydrogen-bond acceptors (Lipinski definition) is 4. The summed E-state index contributed by atoms with van der Waals surface area (Å²) in [5.74, 6) is -1.49. The van der Waals surface area contributed by atoms with E-state index >= 15 is 0 Å². The van der Waals surface area contributed by atoms with Crippen LogP contribution < -0.4 is 0 Å². The van der Waals surface area contributed by atoms with E-state index in [-0.39, 0.29) is 17.1 Å². The Labute approximate surface area is 108 Å². The minimum atomic E-state index is -0.446. The fourth-order valence-electron chi connectivity index (χ4n) is 1.45. The summed E-state index contributed by atoms with van der Waals surface area (Å²) in [6.07, 6.45) is 2.53. The van der Waals surface area contributed by atoms with Crippen LogP contribution in [0.2, 0.25) is 0 Å². The second-order valence-corrected chi connectivity index (χ2v) is 4.94. The zero-order chi connectivity index (χ0) is 13.0. The Hall–Kier alpha value is -1.23. The third kappa shape index (κ3) is 3.36. The molecule has 3 N–H and O–H groups in total. The van der Waals surface area contributed by atoms with Gasteiger partial charge in [-0.25, -0.2) is 0 Å². The molecule has 0 aliphatic carbocycles. The number of carbonyl (C=O) groups excluding carboxylic acids is 1. The SMILES string of the molecule is CCCCC(Br)C(=O)c1cc(O)c(O)cc1O. The lowest BCUT2D eigenvalue weighted by atomic mass is 10.0. The van der Waals surface area contributed by atoms with Crippen LogP contribution in [0.4, 0.5) is 0 Å². The number of carbonyl (C=O) groups is 1. The largest absolute Gasteiger partial charge is 0.507 e. The molecule has 1 rings (SSSR count). The molecule has 1 aromatic rings. The highest BCUT2D eigenvalue weighted by Crippen LogP contribution is 2.33. The Kier molecular flexibility index (Phi) is 4.81. The normalized spacial score (nSPS) is 12.4. The van der Waals surface area contributed by atoms with Gasteiger partial charge in [0.05, 0.1) is 10.4 Å². The predicted octanol–water partition coefficient (Wildman–Crippen LogP) is 2.94. The van der Waals surface area contributed by atoms with Gasteiger partial charge in [0.25, 0.3) is 0 Å². The Morgan fingerprint density at radius 3 is 2.41 bits per heavy atom. The van der Waals surface area contributed by atoms with Crippen LogP contribution in [0.3, 0.4) is 0 Å². The molecule has 0 aliphatic rings. The van der Waals surface area contributed by atoms with Crippen LogP contribution in [0.5, 0.6) is 17.2 Å². The summed E-state index contributed by atoms with van der Waals surface area (Å²) in [4.78, 5) is 11.5. The topological polar surface area (TPSA) is 77.8 Å². The molecule has 0 bridgehead atoms. The smallest absolute Gasteiger partial charge is 0.180 e. The van der Waals surface area contributed by atoms with Crippen molar-refractivity contribution < 1.29 is 20.1 Å². The second-order valence-electron chi connectivity index (χ2n) is 3.83. The van der Waals surface area contributed by atoms with Gasteiger partial charge in [-0.05, 0) is 12.5 Å². The number of phenols is 3. The van der Waals surface area contributed by atoms with E-state index in [0.717, 1.165) is 25.0 Å². The number of unbranched alkanes of at least 4 members (excludes halogenated alkanes) is 1. The molecule has 1 aromatic carbocycles. The molecule has 5 heteroatoms. The molecule has 4 nitrogen and oxygen atoms in total. The lowest BCUT2D eigenvalue weighted by Gasteiger charge is -2.10. The number of Topliss-reactive ketones (excluding diaryl/α,β-unsaturated/α-hetero) is 1. The number of halogens is 1. The highest BCUT2D eigenvalue weighted by Gasteiger charge is 2.21. The van der Waals surface area contributed by atoms with Crippen LogP contribution >= 0.6 is 15.9 Å². The monoisotopic (exact) mass is 302 g/mol. The number of hydrogen-bond donors (Lipinski definition) is 3. The molecule has 0 saturated heterocycles. The van der Waals surface area contributed by atoms with Gasteiger partial charge in [-0.3, -0.25) is 4.79 Å². The summed E-state index contributed by atoms with van der Waals surface area (Å²) in [5.41, 5.74) is 0.0123. The number of benzene rings is 1. The highest BCUT2D eigenvalue weighted by atomic mass is 79.9. The van der Waals surface area contributed by atoms with E-state index < -0.39 is 16.3 Å². The van der Waals surface area contributed by atoms with Crippen molar-refractivity contribution in [3.8, 4) is 17.2 Å². The van der Waals surface area contributed by atoms with E-state index in [4.69, 9.17) is 5.11 Å². The van der Waals surface area contributed by atoms with Crippen LogP contribution in [-0.2, 0) is 0 Å². The van der Waals surface area contributed by atoms with Gasteiger partial charge in [0.15, 0.2) is 17.3 Å². The van der Waals surface area contributed by atoms with Crippen molar-refractivity contribution in [2.45, 2.75) is 31.0 Å². The van der Waals surface area contributed by atoms with Crippen molar-refractivity contribution in [2.24, 2.45) is 0 Å². The third-order valence-corrected chi connectivity index (χ3v) is 3.33. The summed E-state index contributed by atoms with van der Waals surface area (Å²) in [6, 6.07) is 2.04. The zero-order valence-corrected chi connectivity index (χ0v) is 11.1. The lowest BCUT2D eigenvalue weighted by Crippen LogP contribution is -2.14. The first-order chi connectivity index (χ1) is 7.97. The van der Waals surface area contributed by atoms with Crippen LogP contribution in [0.25, 0.3) is 0 Å². The van der Waals surface area contributed by atoms with E-state index in [1.54, 1.807) is 0 Å². The van der Waals surface area contributed by atoms with Crippen LogP contribution in [0, 0.1) is 0 Å². The Balaban J connectivity index is 2.92. The molecule has 94 valence electrons. The van der Waals surface area contributed by atoms with E-state index in [1.807, 2.05) is 6.92 Å². The first-order valence-electron chi connectivity index (χ1n) is 5.40. The molecule has 1 atom stereocenters. The van der Waals surface area contributed by atoms with E-state index in [0.29, 0.717) is 6.42 Å². The van der Waals surface area contributed by atoms with Crippen molar-refractivity contribution in [2.75, 3.05) is 0 Å². The zero-order valence-electron chi connectivity index (χ0n) is 9.48. The third-order valence-electron chi connectivity index (χ3n) is 2.45. The maximum absolute atomic E-state index is 11.9. The van der Waals surface area contributed by atoms with Crippen LogP contribution in [0.1, 0.15) is 36.5 Å². The van der Waals surface area contributed by atoms with Gasteiger partial charge in [-0.15, -0.1) is 0 Å². The molecule has 0 fully saturated rings. The summed E-state index contributed by atoms with van der Waals surface area (Å²) in [6.45, 7) is 2.02. The molecule has 0 aromatic heterocycles. The van der Waals surface area contributed by atoms with E-state index in [2.05, 4.69) is 15.9 Å². The van der Waals surface area contributed by atoms with Gasteiger partial charge in [-0.2, -0.15) is 0 Å². The molecule has 0 spiro atoms. The number of aromatic hydroxyl groups is 3. The van der Waals surface area contributed by atoms with Gasteiger partial charge in [0, 0.05) is 6.07 Å². The van der Waals surface area contributed by atoms with Crippen molar-refractivity contribution >= 4 is 21.7 Å². The number of phenolic OH excluding ortho intramolecular Hbond substituents is 3. The van der Waals surface area contributed by atoms with Gasteiger partial charge in [0.2, 0.25) is 0 Å². The van der Waals surface area contributed by atoms with Gasteiger partial charge in [0.1, 0.15) is 5.75 Å². The fraction of sp³-hybridized carbons (Fsp3) is 0.417. The van der Waals surface area contributed by atoms with E-state index in [1.165, 1.54) is 0 Å². The van der Waals surface area contributed by atoms with Crippen LogP contribution in [-0.4, -0.2) is 25.9 Å². The lowest BCUT2D eigenvalue weighted by molar-refractivity contribution is 0.0985. The minimum Gasteiger partial charge on any atom is -0.507 e. The predicted molar refractivity (Wildman–Crippen MR) is 68.0 cm³/mol. The number of ketones is 1. The summed E-state index contributed by atoms with van der Waals surface area (Å²) >= 11 is 3.25. The van der Waals surface area contributed by atoms with Gasteiger partial charge >= 0.3 is 0 Å². The maximum Gasteiger partial charge on any atom is 0.180 e. The molecule has 1 unspecified atom stereocenters. The average Bonchev–Trinajstić information content (AvgIpc) is 2.29. The molecule has 0 amide bonds. The van der Waals surface area contributed by atoms with E-state index in [9.17, 15) is 15.0 Å². The molecule has 0 heterocycles. The van der Waals surface area contributed by atoms with Crippen molar-refractivity contribution in [3.05, 3.63) is 17.7 Å². The number of rotatable bonds is 5. The molecular formula is C12H15BrO4. The van der Waals surface area contributed by atoms with Crippen molar-refractivity contribution in [1.82, 2.24) is 0 Å². The maximum atomic E-state index is 11.9. The summed E-state index contributed by atoms with van der Waals surface area (Å²) in [7, 11) is 0. The van der Waals surface area contributed by atoms with Gasteiger partial charge in [-0.1, -0.05) is 35.7 Å². The summed E-state index contributed by atoms with van der Waals surface area (Å²) < 4.78 is 0. The molecular weight excluding hydrogens is 288 g/mol. The molecule has 0 aliphatic heterocycles. The highest BCUT2D eigenvalue weighted by molar-refractivity contribution is 9.10. The first-order valence-corrected chi connectivity index (χ1v) is 6.32. The first kappa shape index (κ1) is 13.8. The second kappa shape index (κ2) is 5.91. The molecule has 0 radical (unpaired) electrons. The van der Waals surface area contributed by atoms with Crippen molar-refractivity contribution in [3.63, 3.8) is 0 Å². The standard InChI is InChI=1S/C12H15BrO4/c1-2-3-4-8(13)12(17)7-5-10(15)11(16)6-9(7)14/h5-6,8,14-16H,2-4H2,1H3. The Bertz CT molecular complexity index is 417.